The number of nitrogens with one attached hydrogen (secondary N) is 1. The van der Waals surface area contributed by atoms with Crippen LogP contribution in [-0.4, -0.2) is 29.7 Å². The van der Waals surface area contributed by atoms with Crippen LogP contribution in [0.25, 0.3) is 0 Å². The van der Waals surface area contributed by atoms with Crippen molar-refractivity contribution in [2.24, 2.45) is 0 Å². The van der Waals surface area contributed by atoms with Crippen LogP contribution in [-0.2, 0) is 10.0 Å². The monoisotopic (exact) mass is 365 g/mol. The highest BCUT2D eigenvalue weighted by atomic mass is 32.2. The molecule has 0 aliphatic heterocycles. The molecule has 2 rings (SSSR count). The SMILES string of the molecule is COc1ccc(OC)c(C(C)NS(=O)(=O)c2ccc(OC)c(C)c2)c1. The first-order valence-electron chi connectivity index (χ1n) is 7.71. The van der Waals surface area contributed by atoms with Gasteiger partial charge in [-0.05, 0) is 55.8 Å². The quantitative estimate of drug-likeness (QED) is 0.816. The minimum absolute atomic E-state index is 0.180. The first kappa shape index (κ1) is 19.1. The van der Waals surface area contributed by atoms with Crippen LogP contribution in [0.5, 0.6) is 17.2 Å². The summed E-state index contributed by atoms with van der Waals surface area (Å²) in [7, 11) is 0.943. The highest BCUT2D eigenvalue weighted by molar-refractivity contribution is 7.89. The van der Waals surface area contributed by atoms with Gasteiger partial charge in [0.15, 0.2) is 0 Å². The van der Waals surface area contributed by atoms with Crippen molar-refractivity contribution in [3.05, 3.63) is 47.5 Å². The van der Waals surface area contributed by atoms with E-state index in [1.165, 1.54) is 6.07 Å². The van der Waals surface area contributed by atoms with Crippen LogP contribution in [0.15, 0.2) is 41.3 Å². The first-order valence-corrected chi connectivity index (χ1v) is 9.19. The summed E-state index contributed by atoms with van der Waals surface area (Å²) in [5.74, 6) is 1.85. The van der Waals surface area contributed by atoms with Crippen molar-refractivity contribution in [1.29, 1.82) is 0 Å². The lowest BCUT2D eigenvalue weighted by Crippen LogP contribution is -2.27. The summed E-state index contributed by atoms with van der Waals surface area (Å²) in [5.41, 5.74) is 1.44. The van der Waals surface area contributed by atoms with Crippen LogP contribution in [0, 0.1) is 6.92 Å². The largest absolute Gasteiger partial charge is 0.497 e. The Hall–Kier alpha value is -2.25. The molecule has 0 heterocycles. The Bertz CT molecular complexity index is 849. The van der Waals surface area contributed by atoms with Gasteiger partial charge in [0.25, 0.3) is 0 Å². The second-order valence-electron chi connectivity index (χ2n) is 5.58. The number of rotatable bonds is 7. The second-order valence-corrected chi connectivity index (χ2v) is 7.30. The standard InChI is InChI=1S/C18H23NO5S/c1-12-10-15(7-9-17(12)23-4)25(20,21)19-13(2)16-11-14(22-3)6-8-18(16)24-5/h6-11,13,19H,1-5H3. The molecular weight excluding hydrogens is 342 g/mol. The summed E-state index contributed by atoms with van der Waals surface area (Å²) in [4.78, 5) is 0.180. The molecule has 0 saturated carbocycles. The van der Waals surface area contributed by atoms with Crippen LogP contribution in [0.4, 0.5) is 0 Å². The number of methoxy groups -OCH3 is 3. The average Bonchev–Trinajstić information content (AvgIpc) is 2.60. The van der Waals surface area contributed by atoms with Crippen LogP contribution in [0.1, 0.15) is 24.1 Å². The molecule has 1 unspecified atom stereocenters. The molecule has 6 nitrogen and oxygen atoms in total. The molecule has 0 amide bonds. The number of hydrogen-bond donors (Lipinski definition) is 1. The smallest absolute Gasteiger partial charge is 0.241 e. The predicted molar refractivity (Wildman–Crippen MR) is 96.0 cm³/mol. The normalized spacial score (nSPS) is 12.5. The maximum absolute atomic E-state index is 12.7. The third kappa shape index (κ3) is 4.24. The van der Waals surface area contributed by atoms with E-state index in [1.807, 2.05) is 0 Å². The average molecular weight is 365 g/mol. The molecule has 0 aliphatic carbocycles. The van der Waals surface area contributed by atoms with E-state index in [1.54, 1.807) is 65.5 Å². The van der Waals surface area contributed by atoms with Crippen molar-refractivity contribution in [3.8, 4) is 17.2 Å². The van der Waals surface area contributed by atoms with Crippen LogP contribution < -0.4 is 18.9 Å². The molecule has 1 atom stereocenters. The molecule has 0 fully saturated rings. The number of ether oxygens (including phenoxy) is 3. The summed E-state index contributed by atoms with van der Waals surface area (Å²) in [6.45, 7) is 3.55. The minimum atomic E-state index is -3.70. The number of benzene rings is 2. The summed E-state index contributed by atoms with van der Waals surface area (Å²) in [6.07, 6.45) is 0. The van der Waals surface area contributed by atoms with Gasteiger partial charge in [0, 0.05) is 11.6 Å². The first-order chi connectivity index (χ1) is 11.8. The second kappa shape index (κ2) is 7.76. The molecule has 0 bridgehead atoms. The zero-order chi connectivity index (χ0) is 18.6. The zero-order valence-electron chi connectivity index (χ0n) is 15.0. The summed E-state index contributed by atoms with van der Waals surface area (Å²) in [5, 5.41) is 0. The lowest BCUT2D eigenvalue weighted by molar-refractivity contribution is 0.395. The van der Waals surface area contributed by atoms with E-state index >= 15 is 0 Å². The molecule has 0 radical (unpaired) electrons. The van der Waals surface area contributed by atoms with Gasteiger partial charge in [0.05, 0.1) is 26.2 Å². The van der Waals surface area contributed by atoms with Gasteiger partial charge in [0.2, 0.25) is 10.0 Å². The van der Waals surface area contributed by atoms with E-state index in [9.17, 15) is 8.42 Å². The van der Waals surface area contributed by atoms with Gasteiger partial charge >= 0.3 is 0 Å². The van der Waals surface area contributed by atoms with Crippen molar-refractivity contribution < 1.29 is 22.6 Å². The van der Waals surface area contributed by atoms with Gasteiger partial charge in [-0.2, -0.15) is 0 Å². The van der Waals surface area contributed by atoms with Crippen LogP contribution in [0.2, 0.25) is 0 Å². The lowest BCUT2D eigenvalue weighted by Gasteiger charge is -2.18. The van der Waals surface area contributed by atoms with Gasteiger partial charge in [-0.15, -0.1) is 0 Å². The predicted octanol–water partition coefficient (Wildman–Crippen LogP) is 3.06. The Kier molecular flexibility index (Phi) is 5.92. The molecule has 0 saturated heterocycles. The molecule has 1 N–H and O–H groups in total. The third-order valence-electron chi connectivity index (χ3n) is 3.91. The molecule has 25 heavy (non-hydrogen) atoms. The topological polar surface area (TPSA) is 73.9 Å². The van der Waals surface area contributed by atoms with Gasteiger partial charge in [-0.25, -0.2) is 13.1 Å². The van der Waals surface area contributed by atoms with E-state index in [0.717, 1.165) is 5.56 Å². The summed E-state index contributed by atoms with van der Waals surface area (Å²) >= 11 is 0. The highest BCUT2D eigenvalue weighted by Gasteiger charge is 2.22. The van der Waals surface area contributed by atoms with Crippen LogP contribution in [0.3, 0.4) is 0 Å². The number of sulfonamides is 1. The fourth-order valence-corrected chi connectivity index (χ4v) is 3.87. The molecule has 7 heteroatoms. The molecular formula is C18H23NO5S. The van der Waals surface area contributed by atoms with Crippen LogP contribution >= 0.6 is 0 Å². The zero-order valence-corrected chi connectivity index (χ0v) is 15.8. The van der Waals surface area contributed by atoms with Crippen molar-refractivity contribution in [1.82, 2.24) is 4.72 Å². The number of aryl methyl sites for hydroxylation is 1. The van der Waals surface area contributed by atoms with Gasteiger partial charge in [-0.3, -0.25) is 0 Å². The Morgan fingerprint density at radius 2 is 1.56 bits per heavy atom. The molecule has 0 spiro atoms. The maximum atomic E-state index is 12.7. The molecule has 2 aromatic rings. The van der Waals surface area contributed by atoms with Crippen molar-refractivity contribution in [3.63, 3.8) is 0 Å². The van der Waals surface area contributed by atoms with E-state index in [0.29, 0.717) is 22.8 Å². The Balaban J connectivity index is 2.33. The van der Waals surface area contributed by atoms with E-state index < -0.39 is 16.1 Å². The summed E-state index contributed by atoms with van der Waals surface area (Å²) < 4.78 is 43.8. The Labute approximate surface area is 148 Å². The van der Waals surface area contributed by atoms with E-state index in [2.05, 4.69) is 4.72 Å². The Morgan fingerprint density at radius 3 is 2.12 bits per heavy atom. The molecule has 136 valence electrons. The Morgan fingerprint density at radius 1 is 0.920 bits per heavy atom. The highest BCUT2D eigenvalue weighted by Crippen LogP contribution is 2.30. The number of hydrogen-bond acceptors (Lipinski definition) is 5. The molecule has 2 aromatic carbocycles. The molecule has 0 aromatic heterocycles. The van der Waals surface area contributed by atoms with E-state index in [-0.39, 0.29) is 4.90 Å². The fraction of sp³-hybridized carbons (Fsp3) is 0.333. The van der Waals surface area contributed by atoms with Gasteiger partial charge in [-0.1, -0.05) is 0 Å². The lowest BCUT2D eigenvalue weighted by atomic mass is 10.1. The van der Waals surface area contributed by atoms with E-state index in [4.69, 9.17) is 14.2 Å². The minimum Gasteiger partial charge on any atom is -0.497 e. The third-order valence-corrected chi connectivity index (χ3v) is 5.45. The van der Waals surface area contributed by atoms with Gasteiger partial charge in [0.1, 0.15) is 17.2 Å². The molecule has 0 aliphatic rings. The maximum Gasteiger partial charge on any atom is 0.241 e. The van der Waals surface area contributed by atoms with Crippen molar-refractivity contribution >= 4 is 10.0 Å². The van der Waals surface area contributed by atoms with Crippen molar-refractivity contribution in [2.75, 3.05) is 21.3 Å². The fourth-order valence-electron chi connectivity index (χ4n) is 2.56. The van der Waals surface area contributed by atoms with Gasteiger partial charge < -0.3 is 14.2 Å². The van der Waals surface area contributed by atoms with Crippen molar-refractivity contribution in [2.45, 2.75) is 24.8 Å². The summed E-state index contributed by atoms with van der Waals surface area (Å²) in [6, 6.07) is 9.50.